The molecule has 0 aliphatic carbocycles. The standard InChI is InChI=1S/C14H19NO3/c1-9-4-5-11(6-10(9)2)12(15-3)14(13(16)17)7-18-8-14/h4-6,12,15H,7-8H2,1-3H3,(H,16,17). The van der Waals surface area contributed by atoms with Gasteiger partial charge in [0, 0.05) is 0 Å². The lowest BCUT2D eigenvalue weighted by molar-refractivity contribution is -0.186. The van der Waals surface area contributed by atoms with Crippen molar-refractivity contribution in [2.75, 3.05) is 20.3 Å². The van der Waals surface area contributed by atoms with Gasteiger partial charge in [0.05, 0.1) is 19.3 Å². The molecule has 1 aliphatic rings. The summed E-state index contributed by atoms with van der Waals surface area (Å²) in [5.74, 6) is -0.800. The molecular formula is C14H19NO3. The van der Waals surface area contributed by atoms with Crippen molar-refractivity contribution < 1.29 is 14.6 Å². The van der Waals surface area contributed by atoms with Crippen molar-refractivity contribution >= 4 is 5.97 Å². The minimum atomic E-state index is -0.837. The van der Waals surface area contributed by atoms with Gasteiger partial charge >= 0.3 is 5.97 Å². The summed E-state index contributed by atoms with van der Waals surface area (Å²) in [6.07, 6.45) is 0. The van der Waals surface area contributed by atoms with Gasteiger partial charge in [0.25, 0.3) is 0 Å². The molecule has 0 radical (unpaired) electrons. The summed E-state index contributed by atoms with van der Waals surface area (Å²) in [4.78, 5) is 11.5. The molecule has 2 N–H and O–H groups in total. The van der Waals surface area contributed by atoms with Gasteiger partial charge in [-0.05, 0) is 37.6 Å². The van der Waals surface area contributed by atoms with Gasteiger partial charge in [-0.15, -0.1) is 0 Å². The molecule has 1 saturated heterocycles. The molecule has 4 heteroatoms. The summed E-state index contributed by atoms with van der Waals surface area (Å²) in [5, 5.41) is 12.6. The number of nitrogens with one attached hydrogen (secondary N) is 1. The second-order valence-corrected chi connectivity index (χ2v) is 5.02. The lowest BCUT2D eigenvalue weighted by Crippen LogP contribution is -2.56. The fraction of sp³-hybridized carbons (Fsp3) is 0.500. The smallest absolute Gasteiger partial charge is 0.316 e. The summed E-state index contributed by atoms with van der Waals surface area (Å²) >= 11 is 0. The Morgan fingerprint density at radius 2 is 2.06 bits per heavy atom. The average Bonchev–Trinajstić information content (AvgIpc) is 2.26. The van der Waals surface area contributed by atoms with Crippen molar-refractivity contribution in [3.8, 4) is 0 Å². The van der Waals surface area contributed by atoms with Crippen molar-refractivity contribution in [3.63, 3.8) is 0 Å². The lowest BCUT2D eigenvalue weighted by Gasteiger charge is -2.43. The van der Waals surface area contributed by atoms with E-state index in [2.05, 4.69) is 11.4 Å². The third-order valence-corrected chi connectivity index (χ3v) is 3.85. The van der Waals surface area contributed by atoms with Crippen LogP contribution in [0.1, 0.15) is 22.7 Å². The van der Waals surface area contributed by atoms with Crippen molar-refractivity contribution in [3.05, 3.63) is 34.9 Å². The predicted octanol–water partition coefficient (Wildman–Crippen LogP) is 1.67. The Balaban J connectivity index is 2.38. The molecule has 1 atom stereocenters. The second-order valence-electron chi connectivity index (χ2n) is 5.02. The highest BCUT2D eigenvalue weighted by Crippen LogP contribution is 2.41. The van der Waals surface area contributed by atoms with Gasteiger partial charge in [-0.1, -0.05) is 18.2 Å². The van der Waals surface area contributed by atoms with Crippen molar-refractivity contribution in [2.45, 2.75) is 19.9 Å². The molecule has 18 heavy (non-hydrogen) atoms. The second kappa shape index (κ2) is 4.71. The Labute approximate surface area is 107 Å². The zero-order valence-electron chi connectivity index (χ0n) is 11.0. The molecule has 0 saturated carbocycles. The van der Waals surface area contributed by atoms with Gasteiger partial charge in [0.2, 0.25) is 0 Å². The molecule has 1 fully saturated rings. The number of carbonyl (C=O) groups is 1. The lowest BCUT2D eigenvalue weighted by atomic mass is 9.75. The Bertz CT molecular complexity index is 466. The molecule has 1 aromatic rings. The van der Waals surface area contributed by atoms with E-state index in [0.29, 0.717) is 0 Å². The first-order valence-electron chi connectivity index (χ1n) is 6.07. The summed E-state index contributed by atoms with van der Waals surface area (Å²) in [6.45, 7) is 4.62. The summed E-state index contributed by atoms with van der Waals surface area (Å²) < 4.78 is 5.14. The van der Waals surface area contributed by atoms with E-state index in [1.54, 1.807) is 7.05 Å². The van der Waals surface area contributed by atoms with Crippen molar-refractivity contribution in [2.24, 2.45) is 5.41 Å². The molecular weight excluding hydrogens is 230 g/mol. The van der Waals surface area contributed by atoms with E-state index in [4.69, 9.17) is 4.74 Å². The number of carboxylic acid groups (broad SMARTS) is 1. The number of ether oxygens (including phenoxy) is 1. The highest BCUT2D eigenvalue weighted by atomic mass is 16.5. The fourth-order valence-electron chi connectivity index (χ4n) is 2.44. The van der Waals surface area contributed by atoms with Crippen LogP contribution in [0.25, 0.3) is 0 Å². The maximum Gasteiger partial charge on any atom is 0.316 e. The van der Waals surface area contributed by atoms with Crippen LogP contribution >= 0.6 is 0 Å². The number of hydrogen-bond donors (Lipinski definition) is 2. The number of hydrogen-bond acceptors (Lipinski definition) is 3. The van der Waals surface area contributed by atoms with Gasteiger partial charge in [-0.3, -0.25) is 4.79 Å². The zero-order chi connectivity index (χ0) is 13.3. The van der Waals surface area contributed by atoms with Gasteiger partial charge in [0.1, 0.15) is 5.41 Å². The molecule has 0 amide bonds. The summed E-state index contributed by atoms with van der Waals surface area (Å²) in [5.41, 5.74) is 2.55. The normalized spacial score (nSPS) is 19.1. The average molecular weight is 249 g/mol. The molecule has 0 spiro atoms. The molecule has 1 aliphatic heterocycles. The van der Waals surface area contributed by atoms with E-state index in [9.17, 15) is 9.90 Å². The third-order valence-electron chi connectivity index (χ3n) is 3.85. The maximum absolute atomic E-state index is 11.5. The van der Waals surface area contributed by atoms with E-state index in [1.807, 2.05) is 26.0 Å². The maximum atomic E-state index is 11.5. The SMILES string of the molecule is CNC(c1ccc(C)c(C)c1)C1(C(=O)O)COC1. The van der Waals surface area contributed by atoms with Gasteiger partial charge in [-0.2, -0.15) is 0 Å². The third kappa shape index (κ3) is 1.91. The minimum Gasteiger partial charge on any atom is -0.481 e. The molecule has 4 nitrogen and oxygen atoms in total. The number of aliphatic carboxylic acids is 1. The Morgan fingerprint density at radius 3 is 2.44 bits per heavy atom. The highest BCUT2D eigenvalue weighted by molar-refractivity contribution is 5.77. The van der Waals surface area contributed by atoms with E-state index in [1.165, 1.54) is 11.1 Å². The molecule has 98 valence electrons. The quantitative estimate of drug-likeness (QED) is 0.852. The highest BCUT2D eigenvalue weighted by Gasteiger charge is 2.52. The molecule has 1 heterocycles. The van der Waals surface area contributed by atoms with Gasteiger partial charge < -0.3 is 15.2 Å². The van der Waals surface area contributed by atoms with Crippen LogP contribution in [-0.4, -0.2) is 31.3 Å². The number of aryl methyl sites for hydroxylation is 2. The van der Waals surface area contributed by atoms with Crippen molar-refractivity contribution in [1.82, 2.24) is 5.32 Å². The first kappa shape index (κ1) is 13.1. The van der Waals surface area contributed by atoms with E-state index < -0.39 is 11.4 Å². The van der Waals surface area contributed by atoms with E-state index in [0.717, 1.165) is 5.56 Å². The van der Waals surface area contributed by atoms with Crippen LogP contribution in [0.5, 0.6) is 0 Å². The van der Waals surface area contributed by atoms with Gasteiger partial charge in [-0.25, -0.2) is 0 Å². The van der Waals surface area contributed by atoms with Crippen LogP contribution in [0.15, 0.2) is 18.2 Å². The Kier molecular flexibility index (Phi) is 3.41. The Hall–Kier alpha value is -1.39. The Morgan fingerprint density at radius 1 is 1.39 bits per heavy atom. The monoisotopic (exact) mass is 249 g/mol. The van der Waals surface area contributed by atoms with Gasteiger partial charge in [0.15, 0.2) is 0 Å². The van der Waals surface area contributed by atoms with Crippen LogP contribution in [0.2, 0.25) is 0 Å². The predicted molar refractivity (Wildman–Crippen MR) is 68.6 cm³/mol. The zero-order valence-corrected chi connectivity index (χ0v) is 11.0. The number of rotatable bonds is 4. The van der Waals surface area contributed by atoms with E-state index in [-0.39, 0.29) is 19.3 Å². The molecule has 1 unspecified atom stereocenters. The van der Waals surface area contributed by atoms with Crippen LogP contribution in [0.4, 0.5) is 0 Å². The molecule has 1 aromatic carbocycles. The van der Waals surface area contributed by atoms with Crippen LogP contribution in [-0.2, 0) is 9.53 Å². The number of carboxylic acids is 1. The van der Waals surface area contributed by atoms with Crippen molar-refractivity contribution in [1.29, 1.82) is 0 Å². The topological polar surface area (TPSA) is 58.6 Å². The first-order valence-corrected chi connectivity index (χ1v) is 6.07. The fourth-order valence-corrected chi connectivity index (χ4v) is 2.44. The van der Waals surface area contributed by atoms with Crippen LogP contribution in [0, 0.1) is 19.3 Å². The molecule has 0 aromatic heterocycles. The molecule has 0 bridgehead atoms. The summed E-state index contributed by atoms with van der Waals surface area (Å²) in [6, 6.07) is 5.86. The minimum absolute atomic E-state index is 0.219. The first-order chi connectivity index (χ1) is 8.51. The summed E-state index contributed by atoms with van der Waals surface area (Å²) in [7, 11) is 1.79. The largest absolute Gasteiger partial charge is 0.481 e. The van der Waals surface area contributed by atoms with E-state index >= 15 is 0 Å². The van der Waals surface area contributed by atoms with Crippen LogP contribution in [0.3, 0.4) is 0 Å². The number of benzene rings is 1. The van der Waals surface area contributed by atoms with Crippen LogP contribution < -0.4 is 5.32 Å². The molecule has 2 rings (SSSR count).